The molecular weight excluding hydrogens is 258 g/mol. The van der Waals surface area contributed by atoms with Gasteiger partial charge in [-0.3, -0.25) is 4.57 Å². The molecule has 20 heavy (non-hydrogen) atoms. The molecule has 6 nitrogen and oxygen atoms in total. The molecule has 0 amide bonds. The molecule has 0 spiro atoms. The summed E-state index contributed by atoms with van der Waals surface area (Å²) >= 11 is 0. The van der Waals surface area contributed by atoms with Gasteiger partial charge in [-0.15, -0.1) is 0 Å². The molecule has 1 saturated heterocycles. The van der Waals surface area contributed by atoms with Gasteiger partial charge in [-0.1, -0.05) is 0 Å². The third kappa shape index (κ3) is 1.52. The fraction of sp³-hybridized carbons (Fsp3) is 0.429. The van der Waals surface area contributed by atoms with Gasteiger partial charge in [0, 0.05) is 6.07 Å². The second kappa shape index (κ2) is 4.29. The number of hydrogen-bond donors (Lipinski definition) is 1. The molecule has 1 fully saturated rings. The maximum absolute atomic E-state index is 9.23. The zero-order valence-electron chi connectivity index (χ0n) is 11.1. The molecule has 3 aromatic heterocycles. The number of nitrogens with zero attached hydrogens (tertiary/aromatic N) is 3. The highest BCUT2D eigenvalue weighted by Gasteiger charge is 2.30. The minimum atomic E-state index is -0.112. The van der Waals surface area contributed by atoms with Crippen molar-refractivity contribution in [1.82, 2.24) is 14.5 Å². The lowest BCUT2D eigenvalue weighted by molar-refractivity contribution is -0.0185. The van der Waals surface area contributed by atoms with Crippen molar-refractivity contribution in [2.24, 2.45) is 0 Å². The molecule has 2 atom stereocenters. The van der Waals surface area contributed by atoms with Crippen LogP contribution >= 0.6 is 0 Å². The van der Waals surface area contributed by atoms with E-state index in [9.17, 15) is 5.11 Å². The van der Waals surface area contributed by atoms with Crippen molar-refractivity contribution in [3.05, 3.63) is 24.4 Å². The van der Waals surface area contributed by atoms with Crippen LogP contribution in [0.25, 0.3) is 22.1 Å². The Balaban J connectivity index is 1.97. The van der Waals surface area contributed by atoms with Crippen molar-refractivity contribution in [1.29, 1.82) is 0 Å². The average Bonchev–Trinajstić information content (AvgIpc) is 3.12. The highest BCUT2D eigenvalue weighted by molar-refractivity contribution is 6.04. The molecule has 1 aliphatic heterocycles. The largest absolute Gasteiger partial charge is 0.462 e. The summed E-state index contributed by atoms with van der Waals surface area (Å²) in [5.41, 5.74) is 3.49. The standard InChI is InChI=1S/C14H15N3O3/c1-8-12-13-10(4-5-19-13)17(14(12)16-7-15-8)11-3-2-9(6-18)20-11/h4-5,7,9,11,18H,2-3,6H2,1H3. The van der Waals surface area contributed by atoms with Crippen molar-refractivity contribution >= 4 is 22.1 Å². The van der Waals surface area contributed by atoms with Gasteiger partial charge in [0.1, 0.15) is 18.2 Å². The summed E-state index contributed by atoms with van der Waals surface area (Å²) < 4.78 is 13.5. The maximum atomic E-state index is 9.23. The van der Waals surface area contributed by atoms with Crippen molar-refractivity contribution in [2.75, 3.05) is 6.61 Å². The number of hydrogen-bond acceptors (Lipinski definition) is 5. The fourth-order valence-corrected chi connectivity index (χ4v) is 3.01. The molecule has 4 heterocycles. The number of furan rings is 1. The Hall–Kier alpha value is -1.92. The third-order valence-corrected chi connectivity index (χ3v) is 3.95. The Morgan fingerprint density at radius 3 is 3.10 bits per heavy atom. The lowest BCUT2D eigenvalue weighted by Gasteiger charge is -2.15. The van der Waals surface area contributed by atoms with E-state index >= 15 is 0 Å². The van der Waals surface area contributed by atoms with Crippen molar-refractivity contribution in [3.63, 3.8) is 0 Å². The molecule has 0 aromatic carbocycles. The van der Waals surface area contributed by atoms with E-state index in [-0.39, 0.29) is 18.9 Å². The number of aryl methyl sites for hydroxylation is 1. The first-order valence-corrected chi connectivity index (χ1v) is 6.74. The van der Waals surface area contributed by atoms with E-state index in [2.05, 4.69) is 14.5 Å². The number of aliphatic hydroxyl groups is 1. The molecule has 2 unspecified atom stereocenters. The molecule has 0 bridgehead atoms. The number of aliphatic hydroxyl groups excluding tert-OH is 1. The molecule has 0 saturated carbocycles. The van der Waals surface area contributed by atoms with Crippen LogP contribution in [0.3, 0.4) is 0 Å². The first-order chi connectivity index (χ1) is 9.79. The molecule has 0 radical (unpaired) electrons. The minimum absolute atomic E-state index is 0.0538. The van der Waals surface area contributed by atoms with Crippen LogP contribution in [0.4, 0.5) is 0 Å². The van der Waals surface area contributed by atoms with Crippen LogP contribution in [0.5, 0.6) is 0 Å². The minimum Gasteiger partial charge on any atom is -0.462 e. The van der Waals surface area contributed by atoms with Crippen molar-refractivity contribution in [3.8, 4) is 0 Å². The summed E-state index contributed by atoms with van der Waals surface area (Å²) in [5.74, 6) is 0. The van der Waals surface area contributed by atoms with Crippen LogP contribution in [0.15, 0.2) is 23.1 Å². The highest BCUT2D eigenvalue weighted by Crippen LogP contribution is 2.37. The van der Waals surface area contributed by atoms with E-state index in [1.54, 1.807) is 12.6 Å². The van der Waals surface area contributed by atoms with E-state index in [1.807, 2.05) is 13.0 Å². The van der Waals surface area contributed by atoms with Gasteiger partial charge in [-0.25, -0.2) is 9.97 Å². The Morgan fingerprint density at radius 2 is 2.30 bits per heavy atom. The summed E-state index contributed by atoms with van der Waals surface area (Å²) in [7, 11) is 0. The predicted octanol–water partition coefficient (Wildman–Crippen LogP) is 2.16. The average molecular weight is 273 g/mol. The molecule has 0 aliphatic carbocycles. The SMILES string of the molecule is Cc1ncnc2c1c1occc1n2C1CCC(CO)O1. The summed E-state index contributed by atoms with van der Waals surface area (Å²) in [4.78, 5) is 8.64. The number of fused-ring (bicyclic) bond motifs is 3. The lowest BCUT2D eigenvalue weighted by atomic mass is 10.2. The topological polar surface area (TPSA) is 73.3 Å². The Morgan fingerprint density at radius 1 is 1.40 bits per heavy atom. The summed E-state index contributed by atoms with van der Waals surface area (Å²) in [6, 6.07) is 1.92. The first-order valence-electron chi connectivity index (χ1n) is 6.74. The molecule has 3 aromatic rings. The lowest BCUT2D eigenvalue weighted by Crippen LogP contribution is -2.14. The number of rotatable bonds is 2. The zero-order valence-corrected chi connectivity index (χ0v) is 11.1. The molecular formula is C14H15N3O3. The predicted molar refractivity (Wildman–Crippen MR) is 72.3 cm³/mol. The molecule has 1 aliphatic rings. The number of aromatic nitrogens is 3. The van der Waals surface area contributed by atoms with Gasteiger partial charge in [0.25, 0.3) is 0 Å². The van der Waals surface area contributed by atoms with E-state index < -0.39 is 0 Å². The van der Waals surface area contributed by atoms with Crippen LogP contribution < -0.4 is 0 Å². The van der Waals surface area contributed by atoms with Crippen molar-refractivity contribution in [2.45, 2.75) is 32.1 Å². The monoisotopic (exact) mass is 273 g/mol. The molecule has 1 N–H and O–H groups in total. The molecule has 104 valence electrons. The summed E-state index contributed by atoms with van der Waals surface area (Å²) in [6.45, 7) is 2.00. The van der Waals surface area contributed by atoms with Gasteiger partial charge in [-0.2, -0.15) is 0 Å². The summed E-state index contributed by atoms with van der Waals surface area (Å²) in [6.07, 6.45) is 4.74. The third-order valence-electron chi connectivity index (χ3n) is 3.95. The molecule has 6 heteroatoms. The normalized spacial score (nSPS) is 23.1. The smallest absolute Gasteiger partial charge is 0.163 e. The summed E-state index contributed by atoms with van der Waals surface area (Å²) in [5, 5.41) is 10.2. The van der Waals surface area contributed by atoms with E-state index in [1.165, 1.54) is 0 Å². The van der Waals surface area contributed by atoms with Crippen LogP contribution in [-0.2, 0) is 4.74 Å². The maximum Gasteiger partial charge on any atom is 0.163 e. The van der Waals surface area contributed by atoms with Gasteiger partial charge in [0.15, 0.2) is 5.58 Å². The van der Waals surface area contributed by atoms with E-state index in [4.69, 9.17) is 9.15 Å². The molecule has 4 rings (SSSR count). The highest BCUT2D eigenvalue weighted by atomic mass is 16.5. The fourth-order valence-electron chi connectivity index (χ4n) is 3.01. The van der Waals surface area contributed by atoms with Crippen molar-refractivity contribution < 1.29 is 14.3 Å². The zero-order chi connectivity index (χ0) is 13.7. The number of ether oxygens (including phenoxy) is 1. The quantitative estimate of drug-likeness (QED) is 0.774. The van der Waals surface area contributed by atoms with Gasteiger partial charge in [-0.05, 0) is 19.8 Å². The van der Waals surface area contributed by atoms with Crippen LogP contribution in [0.1, 0.15) is 24.8 Å². The Bertz CT molecular complexity index is 777. The van der Waals surface area contributed by atoms with Crippen LogP contribution in [0, 0.1) is 6.92 Å². The van der Waals surface area contributed by atoms with Crippen LogP contribution in [0.2, 0.25) is 0 Å². The van der Waals surface area contributed by atoms with Gasteiger partial charge in [0.2, 0.25) is 0 Å². The second-order valence-corrected chi connectivity index (χ2v) is 5.14. The van der Waals surface area contributed by atoms with Gasteiger partial charge >= 0.3 is 0 Å². The van der Waals surface area contributed by atoms with Gasteiger partial charge in [0.05, 0.1) is 35.6 Å². The first kappa shape index (κ1) is 11.9. The second-order valence-electron chi connectivity index (χ2n) is 5.14. The van der Waals surface area contributed by atoms with Crippen LogP contribution in [-0.4, -0.2) is 32.4 Å². The van der Waals surface area contributed by atoms with Gasteiger partial charge < -0.3 is 14.3 Å². The van der Waals surface area contributed by atoms with E-state index in [0.717, 1.165) is 40.7 Å². The Labute approximate surface area is 115 Å². The Kier molecular flexibility index (Phi) is 2.55. The van der Waals surface area contributed by atoms with E-state index in [0.29, 0.717) is 0 Å².